The molecule has 0 unspecified atom stereocenters. The van der Waals surface area contributed by atoms with Gasteiger partial charge in [0.1, 0.15) is 5.01 Å². The molecular formula is C23H16N4OS2. The van der Waals surface area contributed by atoms with E-state index in [1.54, 1.807) is 11.3 Å². The number of thiophene rings is 1. The maximum Gasteiger partial charge on any atom is 0.258 e. The van der Waals surface area contributed by atoms with Crippen LogP contribution in [0.15, 0.2) is 78.2 Å². The van der Waals surface area contributed by atoms with Crippen molar-refractivity contribution in [2.75, 3.05) is 5.32 Å². The summed E-state index contributed by atoms with van der Waals surface area (Å²) in [6, 6.07) is 23.6. The van der Waals surface area contributed by atoms with E-state index in [4.69, 9.17) is 4.98 Å². The van der Waals surface area contributed by atoms with Gasteiger partial charge in [-0.15, -0.1) is 21.5 Å². The lowest BCUT2D eigenvalue weighted by atomic mass is 10.1. The average molecular weight is 429 g/mol. The molecule has 30 heavy (non-hydrogen) atoms. The van der Waals surface area contributed by atoms with Crippen LogP contribution in [0.1, 0.15) is 20.9 Å². The number of amides is 1. The standard InChI is InChI=1S/C23H16N4OS2/c28-22(25-23-27-26-21(30-23)13-15-7-2-1-3-8-15)17-14-19(20-11-6-12-29-20)24-18-10-5-4-9-16(17)18/h1-12,14H,13H2,(H,25,27,28). The second kappa shape index (κ2) is 8.14. The van der Waals surface area contributed by atoms with Gasteiger partial charge in [-0.1, -0.05) is 65.9 Å². The quantitative estimate of drug-likeness (QED) is 0.392. The second-order valence-electron chi connectivity index (χ2n) is 6.67. The van der Waals surface area contributed by atoms with E-state index in [0.717, 1.165) is 32.0 Å². The fraction of sp³-hybridized carbons (Fsp3) is 0.0435. The molecule has 1 N–H and O–H groups in total. The summed E-state index contributed by atoms with van der Waals surface area (Å²) in [5.41, 5.74) is 3.31. The van der Waals surface area contributed by atoms with Crippen molar-refractivity contribution in [2.24, 2.45) is 0 Å². The molecule has 5 nitrogen and oxygen atoms in total. The number of pyridine rings is 1. The van der Waals surface area contributed by atoms with Crippen LogP contribution in [0, 0.1) is 0 Å². The van der Waals surface area contributed by atoms with E-state index in [-0.39, 0.29) is 5.91 Å². The molecule has 2 aromatic carbocycles. The molecule has 3 heterocycles. The molecule has 5 rings (SSSR count). The first-order valence-corrected chi connectivity index (χ1v) is 11.1. The maximum atomic E-state index is 13.1. The van der Waals surface area contributed by atoms with Gasteiger partial charge in [-0.05, 0) is 29.1 Å². The lowest BCUT2D eigenvalue weighted by Crippen LogP contribution is -2.13. The van der Waals surface area contributed by atoms with Gasteiger partial charge in [0.2, 0.25) is 5.13 Å². The van der Waals surface area contributed by atoms with Crippen molar-refractivity contribution in [3.63, 3.8) is 0 Å². The van der Waals surface area contributed by atoms with Gasteiger partial charge in [-0.25, -0.2) is 4.98 Å². The molecule has 0 aliphatic rings. The fourth-order valence-electron chi connectivity index (χ4n) is 3.22. The van der Waals surface area contributed by atoms with Crippen LogP contribution in [0.4, 0.5) is 5.13 Å². The Hall–Kier alpha value is -3.42. The zero-order chi connectivity index (χ0) is 20.3. The van der Waals surface area contributed by atoms with Crippen LogP contribution in [0.5, 0.6) is 0 Å². The summed E-state index contributed by atoms with van der Waals surface area (Å²) in [4.78, 5) is 18.9. The Morgan fingerprint density at radius 1 is 0.933 bits per heavy atom. The molecular weight excluding hydrogens is 412 g/mol. The van der Waals surface area contributed by atoms with Crippen LogP contribution in [0.3, 0.4) is 0 Å². The van der Waals surface area contributed by atoms with Crippen LogP contribution in [0.2, 0.25) is 0 Å². The minimum absolute atomic E-state index is 0.214. The summed E-state index contributed by atoms with van der Waals surface area (Å²) in [6.07, 6.45) is 0.690. The molecule has 0 saturated heterocycles. The molecule has 0 fully saturated rings. The number of benzene rings is 2. The molecule has 0 saturated carbocycles. The third-order valence-electron chi connectivity index (χ3n) is 4.62. The first-order valence-electron chi connectivity index (χ1n) is 9.37. The summed E-state index contributed by atoms with van der Waals surface area (Å²) in [6.45, 7) is 0. The third kappa shape index (κ3) is 3.85. The number of carbonyl (C=O) groups is 1. The van der Waals surface area contributed by atoms with Crippen LogP contribution in [-0.4, -0.2) is 21.1 Å². The number of carbonyl (C=O) groups excluding carboxylic acids is 1. The van der Waals surface area contributed by atoms with Crippen molar-refractivity contribution in [1.82, 2.24) is 15.2 Å². The normalized spacial score (nSPS) is 10.9. The smallest absolute Gasteiger partial charge is 0.258 e. The molecule has 0 radical (unpaired) electrons. The summed E-state index contributed by atoms with van der Waals surface area (Å²) < 4.78 is 0. The van der Waals surface area contributed by atoms with Crippen LogP contribution < -0.4 is 5.32 Å². The average Bonchev–Trinajstić information content (AvgIpc) is 3.46. The van der Waals surface area contributed by atoms with Gasteiger partial charge < -0.3 is 0 Å². The van der Waals surface area contributed by atoms with Gasteiger partial charge in [-0.2, -0.15) is 0 Å². The van der Waals surface area contributed by atoms with E-state index in [9.17, 15) is 4.79 Å². The van der Waals surface area contributed by atoms with Crippen LogP contribution >= 0.6 is 22.7 Å². The van der Waals surface area contributed by atoms with Gasteiger partial charge in [0.05, 0.1) is 21.7 Å². The molecule has 1 amide bonds. The van der Waals surface area contributed by atoms with Crippen LogP contribution in [0.25, 0.3) is 21.5 Å². The highest BCUT2D eigenvalue weighted by Gasteiger charge is 2.16. The molecule has 0 spiro atoms. The largest absolute Gasteiger partial charge is 0.296 e. The fourth-order valence-corrected chi connectivity index (χ4v) is 4.68. The van der Waals surface area contributed by atoms with E-state index in [2.05, 4.69) is 27.6 Å². The Morgan fingerprint density at radius 3 is 2.60 bits per heavy atom. The molecule has 3 aromatic heterocycles. The number of hydrogen-bond donors (Lipinski definition) is 1. The van der Waals surface area contributed by atoms with E-state index < -0.39 is 0 Å². The summed E-state index contributed by atoms with van der Waals surface area (Å²) in [5, 5.41) is 15.4. The van der Waals surface area contributed by atoms with Crippen molar-refractivity contribution in [1.29, 1.82) is 0 Å². The number of nitrogens with one attached hydrogen (secondary N) is 1. The number of hydrogen-bond acceptors (Lipinski definition) is 6. The van der Waals surface area contributed by atoms with E-state index in [1.165, 1.54) is 11.3 Å². The van der Waals surface area contributed by atoms with E-state index in [1.807, 2.05) is 66.0 Å². The molecule has 0 bridgehead atoms. The number of fused-ring (bicyclic) bond motifs is 1. The summed E-state index contributed by atoms with van der Waals surface area (Å²) >= 11 is 2.99. The Balaban J connectivity index is 1.44. The maximum absolute atomic E-state index is 13.1. The zero-order valence-corrected chi connectivity index (χ0v) is 17.4. The molecule has 5 aromatic rings. The molecule has 7 heteroatoms. The number of nitrogens with zero attached hydrogens (tertiary/aromatic N) is 3. The number of aromatic nitrogens is 3. The van der Waals surface area contributed by atoms with Gasteiger partial charge in [0.25, 0.3) is 5.91 Å². The van der Waals surface area contributed by atoms with Gasteiger partial charge in [0, 0.05) is 11.8 Å². The topological polar surface area (TPSA) is 67.8 Å². The number of anilines is 1. The number of para-hydroxylation sites is 1. The van der Waals surface area contributed by atoms with Crippen molar-refractivity contribution in [3.8, 4) is 10.6 Å². The predicted octanol–water partition coefficient (Wildman–Crippen LogP) is 5.66. The highest BCUT2D eigenvalue weighted by Crippen LogP contribution is 2.28. The van der Waals surface area contributed by atoms with Crippen molar-refractivity contribution in [2.45, 2.75) is 6.42 Å². The van der Waals surface area contributed by atoms with E-state index >= 15 is 0 Å². The van der Waals surface area contributed by atoms with Gasteiger partial charge >= 0.3 is 0 Å². The molecule has 0 aliphatic carbocycles. The Bertz CT molecular complexity index is 1310. The van der Waals surface area contributed by atoms with Gasteiger partial charge in [-0.3, -0.25) is 10.1 Å². The van der Waals surface area contributed by atoms with Crippen molar-refractivity contribution in [3.05, 3.63) is 94.3 Å². The summed E-state index contributed by atoms with van der Waals surface area (Å²) in [7, 11) is 0. The Morgan fingerprint density at radius 2 is 1.77 bits per heavy atom. The van der Waals surface area contributed by atoms with Crippen molar-refractivity contribution < 1.29 is 4.79 Å². The molecule has 146 valence electrons. The minimum Gasteiger partial charge on any atom is -0.296 e. The number of rotatable bonds is 5. The van der Waals surface area contributed by atoms with E-state index in [0.29, 0.717) is 17.1 Å². The van der Waals surface area contributed by atoms with Crippen LogP contribution in [-0.2, 0) is 6.42 Å². The molecule has 0 atom stereocenters. The second-order valence-corrected chi connectivity index (χ2v) is 8.68. The third-order valence-corrected chi connectivity index (χ3v) is 6.35. The van der Waals surface area contributed by atoms with Gasteiger partial charge in [0.15, 0.2) is 0 Å². The monoisotopic (exact) mass is 428 g/mol. The highest BCUT2D eigenvalue weighted by atomic mass is 32.1. The predicted molar refractivity (Wildman–Crippen MR) is 122 cm³/mol. The first kappa shape index (κ1) is 18.6. The SMILES string of the molecule is O=C(Nc1nnc(Cc2ccccc2)s1)c1cc(-c2cccs2)nc2ccccc12. The highest BCUT2D eigenvalue weighted by molar-refractivity contribution is 7.15. The zero-order valence-electron chi connectivity index (χ0n) is 15.8. The molecule has 0 aliphatic heterocycles. The Labute approximate surface area is 181 Å². The summed E-state index contributed by atoms with van der Waals surface area (Å²) in [5.74, 6) is -0.214. The Kier molecular flexibility index (Phi) is 5.04. The van der Waals surface area contributed by atoms with Crippen molar-refractivity contribution >= 4 is 44.6 Å². The lowest BCUT2D eigenvalue weighted by molar-refractivity contribution is 0.102. The minimum atomic E-state index is -0.214. The first-order chi connectivity index (χ1) is 14.8. The lowest BCUT2D eigenvalue weighted by Gasteiger charge is -2.08.